The van der Waals surface area contributed by atoms with Gasteiger partial charge in [-0.25, -0.2) is 0 Å². The number of para-hydroxylation sites is 1. The Balaban J connectivity index is 0.00000210. The highest BCUT2D eigenvalue weighted by Gasteiger charge is 2.09. The third kappa shape index (κ3) is 4.14. The average molecular weight is 398 g/mol. The largest absolute Gasteiger partial charge is 1.00 e. The molecule has 0 bridgehead atoms. The zero-order valence-corrected chi connectivity index (χ0v) is 16.9. The summed E-state index contributed by atoms with van der Waals surface area (Å²) >= 11 is 5.94. The monoisotopic (exact) mass is 397 g/mol. The first kappa shape index (κ1) is 19.8. The number of nitrogens with zero attached hydrogens (tertiary/aromatic N) is 1. The molecule has 0 unspecified atom stereocenters. The Bertz CT molecular complexity index is 1040. The maximum absolute atomic E-state index is 5.94. The number of fused-ring (bicyclic) bond motifs is 3. The second-order valence-corrected chi connectivity index (χ2v) is 7.10. The lowest BCUT2D eigenvalue weighted by Gasteiger charge is -2.07. The van der Waals surface area contributed by atoms with Crippen LogP contribution in [0.5, 0.6) is 0 Å². The van der Waals surface area contributed by atoms with E-state index >= 15 is 0 Å². The van der Waals surface area contributed by atoms with Gasteiger partial charge in [-0.2, -0.15) is 0 Å². The van der Waals surface area contributed by atoms with Crippen molar-refractivity contribution in [2.75, 3.05) is 6.54 Å². The Morgan fingerprint density at radius 2 is 1.56 bits per heavy atom. The molecule has 0 radical (unpaired) electrons. The standard InChI is InChI=1S/C23H23ClN2.ClH/c1-2-26-22-6-4-3-5-20(22)21-15-18(9-12-23(21)26)16-25-14-13-17-7-10-19(24)11-8-17;/h3-12,15,25H,2,13-14,16H2,1H3;1H/p-1. The van der Waals surface area contributed by atoms with Crippen LogP contribution in [-0.4, -0.2) is 11.1 Å². The summed E-state index contributed by atoms with van der Waals surface area (Å²) < 4.78 is 2.39. The van der Waals surface area contributed by atoms with Gasteiger partial charge in [-0.1, -0.05) is 48.0 Å². The molecule has 1 heterocycles. The molecule has 0 aliphatic carbocycles. The number of aromatic nitrogens is 1. The van der Waals surface area contributed by atoms with Gasteiger partial charge in [0.05, 0.1) is 0 Å². The van der Waals surface area contributed by atoms with Gasteiger partial charge in [0.25, 0.3) is 0 Å². The molecule has 4 aromatic rings. The maximum atomic E-state index is 5.94. The summed E-state index contributed by atoms with van der Waals surface area (Å²) in [5.74, 6) is 0. The van der Waals surface area contributed by atoms with E-state index in [4.69, 9.17) is 11.6 Å². The summed E-state index contributed by atoms with van der Waals surface area (Å²) in [6.07, 6.45) is 1.01. The summed E-state index contributed by atoms with van der Waals surface area (Å²) in [6, 6.07) is 23.6. The van der Waals surface area contributed by atoms with Gasteiger partial charge in [0.15, 0.2) is 0 Å². The molecule has 0 spiro atoms. The van der Waals surface area contributed by atoms with E-state index in [9.17, 15) is 0 Å². The van der Waals surface area contributed by atoms with Crippen LogP contribution in [0.2, 0.25) is 5.02 Å². The molecule has 4 heteroatoms. The summed E-state index contributed by atoms with van der Waals surface area (Å²) in [6.45, 7) is 5.03. The first-order valence-corrected chi connectivity index (χ1v) is 9.59. The fraction of sp³-hybridized carbons (Fsp3) is 0.217. The number of halogens is 2. The lowest BCUT2D eigenvalue weighted by molar-refractivity contribution is -0.00000511. The van der Waals surface area contributed by atoms with Crippen molar-refractivity contribution in [2.45, 2.75) is 26.4 Å². The van der Waals surface area contributed by atoms with E-state index in [2.05, 4.69) is 71.4 Å². The number of aryl methyl sites for hydroxylation is 1. The fourth-order valence-corrected chi connectivity index (χ4v) is 3.79. The predicted octanol–water partition coefficient (Wildman–Crippen LogP) is 2.80. The van der Waals surface area contributed by atoms with E-state index in [1.807, 2.05) is 12.1 Å². The molecule has 0 saturated heterocycles. The normalized spacial score (nSPS) is 11.0. The minimum atomic E-state index is 0. The summed E-state index contributed by atoms with van der Waals surface area (Å²) in [4.78, 5) is 0. The van der Waals surface area contributed by atoms with Gasteiger partial charge in [-0.05, 0) is 61.3 Å². The quantitative estimate of drug-likeness (QED) is 0.495. The molecule has 0 aliphatic heterocycles. The Morgan fingerprint density at radius 3 is 2.33 bits per heavy atom. The minimum Gasteiger partial charge on any atom is -1.00 e. The maximum Gasteiger partial charge on any atom is 0.0491 e. The Labute approximate surface area is 171 Å². The number of hydrogen-bond acceptors (Lipinski definition) is 1. The molecule has 27 heavy (non-hydrogen) atoms. The molecule has 1 N–H and O–H groups in total. The highest BCUT2D eigenvalue weighted by molar-refractivity contribution is 6.30. The van der Waals surface area contributed by atoms with Crippen molar-refractivity contribution < 1.29 is 12.4 Å². The van der Waals surface area contributed by atoms with Gasteiger partial charge >= 0.3 is 0 Å². The van der Waals surface area contributed by atoms with Crippen LogP contribution in [0.1, 0.15) is 18.1 Å². The first-order chi connectivity index (χ1) is 12.8. The van der Waals surface area contributed by atoms with E-state index in [-0.39, 0.29) is 12.4 Å². The molecule has 1 aromatic heterocycles. The van der Waals surface area contributed by atoms with Gasteiger partial charge in [-0.3, -0.25) is 0 Å². The van der Waals surface area contributed by atoms with Crippen molar-refractivity contribution in [3.05, 3.63) is 82.9 Å². The van der Waals surface area contributed by atoms with Crippen LogP contribution in [-0.2, 0) is 19.5 Å². The molecule has 4 rings (SSSR count). The lowest BCUT2D eigenvalue weighted by atomic mass is 10.1. The molecule has 0 fully saturated rings. The average Bonchev–Trinajstić information content (AvgIpc) is 3.00. The Kier molecular flexibility index (Phi) is 6.43. The summed E-state index contributed by atoms with van der Waals surface area (Å²) in [5, 5.41) is 7.04. The molecule has 2 nitrogen and oxygen atoms in total. The van der Waals surface area contributed by atoms with Gasteiger partial charge < -0.3 is 22.3 Å². The van der Waals surface area contributed by atoms with E-state index in [1.54, 1.807) is 0 Å². The Hall–Kier alpha value is -2.00. The van der Waals surface area contributed by atoms with Crippen molar-refractivity contribution in [3.63, 3.8) is 0 Å². The van der Waals surface area contributed by atoms with Crippen molar-refractivity contribution in [1.29, 1.82) is 0 Å². The van der Waals surface area contributed by atoms with Crippen molar-refractivity contribution in [3.8, 4) is 0 Å². The van der Waals surface area contributed by atoms with Crippen LogP contribution in [0.4, 0.5) is 0 Å². The molecule has 3 aromatic carbocycles. The first-order valence-electron chi connectivity index (χ1n) is 9.21. The molecule has 0 saturated carbocycles. The van der Waals surface area contributed by atoms with E-state index in [0.717, 1.165) is 31.1 Å². The molecular weight excluding hydrogens is 375 g/mol. The summed E-state index contributed by atoms with van der Waals surface area (Å²) in [7, 11) is 0. The zero-order chi connectivity index (χ0) is 17.9. The van der Waals surface area contributed by atoms with Gasteiger partial charge in [0, 0.05) is 39.9 Å². The van der Waals surface area contributed by atoms with Crippen LogP contribution in [0.25, 0.3) is 21.8 Å². The van der Waals surface area contributed by atoms with Gasteiger partial charge in [0.2, 0.25) is 0 Å². The van der Waals surface area contributed by atoms with Crippen molar-refractivity contribution in [2.24, 2.45) is 0 Å². The van der Waals surface area contributed by atoms with Gasteiger partial charge in [-0.15, -0.1) is 0 Å². The topological polar surface area (TPSA) is 17.0 Å². The zero-order valence-electron chi connectivity index (χ0n) is 15.4. The number of benzene rings is 3. The SMILES string of the molecule is CCn1c2ccccc2c2cc(CNCCc3ccc(Cl)cc3)ccc21.[Cl-]. The predicted molar refractivity (Wildman–Crippen MR) is 112 cm³/mol. The molecule has 0 amide bonds. The Morgan fingerprint density at radius 1 is 0.852 bits per heavy atom. The smallest absolute Gasteiger partial charge is 0.0491 e. The molecular formula is C23H23Cl2N2-. The van der Waals surface area contributed by atoms with Crippen LogP contribution in [0.3, 0.4) is 0 Å². The van der Waals surface area contributed by atoms with E-state index in [0.29, 0.717) is 0 Å². The number of hydrogen-bond donors (Lipinski definition) is 1. The fourth-order valence-electron chi connectivity index (χ4n) is 3.67. The van der Waals surface area contributed by atoms with Crippen LogP contribution in [0.15, 0.2) is 66.7 Å². The molecule has 0 atom stereocenters. The van der Waals surface area contributed by atoms with Crippen LogP contribution >= 0.6 is 11.6 Å². The second kappa shape index (κ2) is 8.79. The number of nitrogens with one attached hydrogen (secondary N) is 1. The van der Waals surface area contributed by atoms with Gasteiger partial charge in [0.1, 0.15) is 0 Å². The third-order valence-corrected chi connectivity index (χ3v) is 5.24. The van der Waals surface area contributed by atoms with E-state index < -0.39 is 0 Å². The van der Waals surface area contributed by atoms with Crippen molar-refractivity contribution in [1.82, 2.24) is 9.88 Å². The highest BCUT2D eigenvalue weighted by Crippen LogP contribution is 2.29. The third-order valence-electron chi connectivity index (χ3n) is 4.99. The molecule has 0 aliphatic rings. The van der Waals surface area contributed by atoms with Crippen LogP contribution in [0, 0.1) is 0 Å². The van der Waals surface area contributed by atoms with Crippen molar-refractivity contribution >= 4 is 33.4 Å². The second-order valence-electron chi connectivity index (χ2n) is 6.67. The summed E-state index contributed by atoms with van der Waals surface area (Å²) in [5.41, 5.74) is 5.27. The lowest BCUT2D eigenvalue weighted by Crippen LogP contribution is -3.00. The van der Waals surface area contributed by atoms with Crippen LogP contribution < -0.4 is 17.7 Å². The number of rotatable bonds is 6. The highest BCUT2D eigenvalue weighted by atomic mass is 35.5. The minimum absolute atomic E-state index is 0. The van der Waals surface area contributed by atoms with E-state index in [1.165, 1.54) is 32.9 Å². The molecule has 140 valence electrons.